The second-order valence-electron chi connectivity index (χ2n) is 5.02. The maximum atomic E-state index is 4.57. The lowest BCUT2D eigenvalue weighted by atomic mass is 10.2. The SMILES string of the molecule is CC(C)Cn1nnnc1SCc1cn2ccccc2n1. The van der Waals surface area contributed by atoms with Crippen LogP contribution in [0.25, 0.3) is 5.65 Å². The van der Waals surface area contributed by atoms with Crippen LogP contribution in [-0.2, 0) is 12.3 Å². The van der Waals surface area contributed by atoms with Gasteiger partial charge in [-0.25, -0.2) is 9.67 Å². The highest BCUT2D eigenvalue weighted by molar-refractivity contribution is 7.98. The van der Waals surface area contributed by atoms with Crippen LogP contribution < -0.4 is 0 Å². The lowest BCUT2D eigenvalue weighted by Crippen LogP contribution is -2.07. The van der Waals surface area contributed by atoms with Gasteiger partial charge >= 0.3 is 0 Å². The molecule has 3 aromatic heterocycles. The Labute approximate surface area is 121 Å². The van der Waals surface area contributed by atoms with Gasteiger partial charge in [0.15, 0.2) is 0 Å². The van der Waals surface area contributed by atoms with Crippen molar-refractivity contribution in [3.8, 4) is 0 Å². The zero-order valence-electron chi connectivity index (χ0n) is 11.5. The number of hydrogen-bond donors (Lipinski definition) is 0. The molecule has 0 unspecified atom stereocenters. The maximum absolute atomic E-state index is 4.57. The van der Waals surface area contributed by atoms with Gasteiger partial charge in [0.05, 0.1) is 5.69 Å². The summed E-state index contributed by atoms with van der Waals surface area (Å²) in [4.78, 5) is 4.57. The van der Waals surface area contributed by atoms with Crippen LogP contribution in [0.15, 0.2) is 35.7 Å². The molecular weight excluding hydrogens is 272 g/mol. The zero-order chi connectivity index (χ0) is 13.9. The van der Waals surface area contributed by atoms with Gasteiger partial charge in [-0.1, -0.05) is 31.7 Å². The molecule has 3 aromatic rings. The van der Waals surface area contributed by atoms with Gasteiger partial charge in [0.1, 0.15) is 5.65 Å². The summed E-state index contributed by atoms with van der Waals surface area (Å²) in [5.74, 6) is 1.29. The monoisotopic (exact) mass is 288 g/mol. The fourth-order valence-electron chi connectivity index (χ4n) is 1.96. The van der Waals surface area contributed by atoms with Crippen molar-refractivity contribution in [3.63, 3.8) is 0 Å². The Morgan fingerprint density at radius 2 is 2.20 bits per heavy atom. The summed E-state index contributed by atoms with van der Waals surface area (Å²) in [6.45, 7) is 5.14. The fourth-order valence-corrected chi connectivity index (χ4v) is 2.73. The Bertz CT molecular complexity index is 669. The van der Waals surface area contributed by atoms with Crippen molar-refractivity contribution in [1.29, 1.82) is 0 Å². The van der Waals surface area contributed by atoms with Crippen LogP contribution in [0.3, 0.4) is 0 Å². The number of aromatic nitrogens is 6. The van der Waals surface area contributed by atoms with E-state index < -0.39 is 0 Å². The Balaban J connectivity index is 1.71. The molecule has 0 atom stereocenters. The molecule has 0 bridgehead atoms. The molecule has 3 rings (SSSR count). The maximum Gasteiger partial charge on any atom is 0.209 e. The van der Waals surface area contributed by atoms with E-state index in [-0.39, 0.29) is 0 Å². The van der Waals surface area contributed by atoms with E-state index in [1.807, 2.05) is 39.7 Å². The van der Waals surface area contributed by atoms with Crippen molar-refractivity contribution in [3.05, 3.63) is 36.3 Å². The first-order valence-corrected chi connectivity index (χ1v) is 7.52. The first-order chi connectivity index (χ1) is 9.72. The minimum atomic E-state index is 0.521. The molecule has 0 radical (unpaired) electrons. The Morgan fingerprint density at radius 3 is 3.00 bits per heavy atom. The molecule has 0 N–H and O–H groups in total. The molecule has 0 aliphatic carbocycles. The summed E-state index contributed by atoms with van der Waals surface area (Å²) in [6, 6.07) is 5.98. The van der Waals surface area contributed by atoms with Gasteiger partial charge in [0.25, 0.3) is 0 Å². The first kappa shape index (κ1) is 13.1. The van der Waals surface area contributed by atoms with Crippen molar-refractivity contribution < 1.29 is 0 Å². The molecule has 0 spiro atoms. The number of fused-ring (bicyclic) bond motifs is 1. The Hall–Kier alpha value is -1.89. The predicted octanol–water partition coefficient (Wildman–Crippen LogP) is 2.27. The van der Waals surface area contributed by atoms with Crippen LogP contribution in [-0.4, -0.2) is 29.6 Å². The van der Waals surface area contributed by atoms with Gasteiger partial charge in [0, 0.05) is 24.7 Å². The van der Waals surface area contributed by atoms with Gasteiger partial charge in [-0.3, -0.25) is 0 Å². The second kappa shape index (κ2) is 5.62. The average molecular weight is 288 g/mol. The van der Waals surface area contributed by atoms with E-state index in [0.29, 0.717) is 5.92 Å². The van der Waals surface area contributed by atoms with Gasteiger partial charge < -0.3 is 4.40 Å². The number of pyridine rings is 1. The normalized spacial score (nSPS) is 11.6. The largest absolute Gasteiger partial charge is 0.307 e. The quantitative estimate of drug-likeness (QED) is 0.674. The van der Waals surface area contributed by atoms with Crippen LogP contribution in [0.2, 0.25) is 0 Å². The van der Waals surface area contributed by atoms with E-state index in [1.165, 1.54) is 0 Å². The minimum absolute atomic E-state index is 0.521. The number of thioether (sulfide) groups is 1. The third-order valence-electron chi connectivity index (χ3n) is 2.80. The minimum Gasteiger partial charge on any atom is -0.307 e. The molecule has 20 heavy (non-hydrogen) atoms. The van der Waals surface area contributed by atoms with Crippen molar-refractivity contribution >= 4 is 17.4 Å². The van der Waals surface area contributed by atoms with Crippen molar-refractivity contribution in [2.75, 3.05) is 0 Å². The number of imidazole rings is 1. The van der Waals surface area contributed by atoms with Crippen molar-refractivity contribution in [1.82, 2.24) is 29.6 Å². The lowest BCUT2D eigenvalue weighted by Gasteiger charge is -2.05. The number of hydrogen-bond acceptors (Lipinski definition) is 5. The molecular formula is C13H16N6S. The van der Waals surface area contributed by atoms with E-state index in [1.54, 1.807) is 11.8 Å². The third-order valence-corrected chi connectivity index (χ3v) is 3.79. The standard InChI is InChI=1S/C13H16N6S/c1-10(2)7-19-13(15-16-17-19)20-9-11-8-18-6-4-3-5-12(18)14-11/h3-6,8,10H,7,9H2,1-2H3. The summed E-state index contributed by atoms with van der Waals surface area (Å²) in [5.41, 5.74) is 1.99. The molecule has 0 fully saturated rings. The smallest absolute Gasteiger partial charge is 0.209 e. The van der Waals surface area contributed by atoms with Crippen LogP contribution in [0, 0.1) is 5.92 Å². The van der Waals surface area contributed by atoms with E-state index in [4.69, 9.17) is 0 Å². The molecule has 3 heterocycles. The molecule has 104 valence electrons. The van der Waals surface area contributed by atoms with Gasteiger partial charge in [-0.2, -0.15) is 0 Å². The van der Waals surface area contributed by atoms with Crippen LogP contribution in [0.5, 0.6) is 0 Å². The summed E-state index contributed by atoms with van der Waals surface area (Å²) in [6.07, 6.45) is 4.04. The van der Waals surface area contributed by atoms with E-state index in [2.05, 4.69) is 34.4 Å². The zero-order valence-corrected chi connectivity index (χ0v) is 12.3. The van der Waals surface area contributed by atoms with E-state index in [9.17, 15) is 0 Å². The predicted molar refractivity (Wildman–Crippen MR) is 77.4 cm³/mol. The van der Waals surface area contributed by atoms with Gasteiger partial charge in [0.2, 0.25) is 5.16 Å². The molecule has 0 amide bonds. The Morgan fingerprint density at radius 1 is 1.30 bits per heavy atom. The average Bonchev–Trinajstić information content (AvgIpc) is 3.01. The second-order valence-corrected chi connectivity index (χ2v) is 5.97. The highest BCUT2D eigenvalue weighted by atomic mass is 32.2. The summed E-state index contributed by atoms with van der Waals surface area (Å²) >= 11 is 1.62. The van der Waals surface area contributed by atoms with E-state index >= 15 is 0 Å². The van der Waals surface area contributed by atoms with Crippen LogP contribution in [0.4, 0.5) is 0 Å². The number of nitrogens with zero attached hydrogens (tertiary/aromatic N) is 6. The first-order valence-electron chi connectivity index (χ1n) is 6.54. The highest BCUT2D eigenvalue weighted by Crippen LogP contribution is 2.20. The summed E-state index contributed by atoms with van der Waals surface area (Å²) in [7, 11) is 0. The Kier molecular flexibility index (Phi) is 3.68. The summed E-state index contributed by atoms with van der Waals surface area (Å²) < 4.78 is 3.87. The molecule has 0 aromatic carbocycles. The fraction of sp³-hybridized carbons (Fsp3) is 0.385. The molecule has 7 heteroatoms. The van der Waals surface area contributed by atoms with E-state index in [0.717, 1.165) is 28.8 Å². The van der Waals surface area contributed by atoms with Crippen LogP contribution >= 0.6 is 11.8 Å². The molecule has 6 nitrogen and oxygen atoms in total. The van der Waals surface area contributed by atoms with Gasteiger partial charge in [-0.05, 0) is 28.5 Å². The van der Waals surface area contributed by atoms with Crippen LogP contribution in [0.1, 0.15) is 19.5 Å². The summed E-state index contributed by atoms with van der Waals surface area (Å²) in [5, 5.41) is 12.7. The van der Waals surface area contributed by atoms with Crippen molar-refractivity contribution in [2.45, 2.75) is 31.3 Å². The topological polar surface area (TPSA) is 60.9 Å². The third kappa shape index (κ3) is 2.82. The lowest BCUT2D eigenvalue weighted by molar-refractivity contribution is 0.446. The molecule has 0 aliphatic rings. The number of tetrazole rings is 1. The molecule has 0 saturated carbocycles. The van der Waals surface area contributed by atoms with Gasteiger partial charge in [-0.15, -0.1) is 5.10 Å². The van der Waals surface area contributed by atoms with Crippen molar-refractivity contribution in [2.24, 2.45) is 5.92 Å². The highest BCUT2D eigenvalue weighted by Gasteiger charge is 2.10. The molecule has 0 aliphatic heterocycles. The molecule has 0 saturated heterocycles. The number of rotatable bonds is 5.